The van der Waals surface area contributed by atoms with E-state index >= 15 is 0 Å². The standard InChI is InChI=1S/C20H22BrFN2O.2CH3F/c1-4-15(10-14-8-12(2)7-13(3)9-14)19(23)20(25)24-18-11-16(21)5-6-17(18)22;2*1-2/h5-9,11H,4,10,23H2,1-3H3,(H,24,25);2*1H3/b19-15+;;. The molecular weight excluding hydrogens is 445 g/mol. The molecule has 2 aromatic rings. The number of aryl methyl sites for hydroxylation is 2. The molecule has 0 spiro atoms. The number of nitrogens with one attached hydrogen (secondary N) is 1. The third kappa shape index (κ3) is 8.73. The van der Waals surface area contributed by atoms with Gasteiger partial charge in [-0.1, -0.05) is 52.2 Å². The Kier molecular flexibility index (Phi) is 12.7. The van der Waals surface area contributed by atoms with Crippen molar-refractivity contribution < 1.29 is 18.0 Å². The Balaban J connectivity index is 0.00000184. The summed E-state index contributed by atoms with van der Waals surface area (Å²) in [5.74, 6) is -0.991. The van der Waals surface area contributed by atoms with Gasteiger partial charge in [0.1, 0.15) is 5.82 Å². The molecule has 0 aromatic heterocycles. The molecule has 1 amide bonds. The Morgan fingerprint density at radius 2 is 1.59 bits per heavy atom. The number of amides is 1. The molecule has 0 aliphatic heterocycles. The van der Waals surface area contributed by atoms with Crippen LogP contribution in [-0.2, 0) is 11.2 Å². The Hall–Kier alpha value is -2.28. The Morgan fingerprint density at radius 1 is 1.03 bits per heavy atom. The second kappa shape index (κ2) is 13.8. The number of hydrogen-bond acceptors (Lipinski definition) is 2. The first-order valence-corrected chi connectivity index (χ1v) is 9.66. The van der Waals surface area contributed by atoms with Gasteiger partial charge in [0.05, 0.1) is 25.7 Å². The minimum Gasteiger partial charge on any atom is -0.394 e. The molecule has 160 valence electrons. The van der Waals surface area contributed by atoms with Crippen LogP contribution >= 0.6 is 15.9 Å². The summed E-state index contributed by atoms with van der Waals surface area (Å²) in [4.78, 5) is 12.4. The van der Waals surface area contributed by atoms with E-state index in [0.717, 1.165) is 11.1 Å². The summed E-state index contributed by atoms with van der Waals surface area (Å²) in [5, 5.41) is 2.55. The van der Waals surface area contributed by atoms with Gasteiger partial charge >= 0.3 is 0 Å². The molecule has 0 radical (unpaired) electrons. The van der Waals surface area contributed by atoms with E-state index in [1.54, 1.807) is 6.07 Å². The van der Waals surface area contributed by atoms with Crippen LogP contribution in [0, 0.1) is 19.7 Å². The minimum absolute atomic E-state index is 0.101. The maximum Gasteiger partial charge on any atom is 0.271 e. The highest BCUT2D eigenvalue weighted by Crippen LogP contribution is 2.21. The summed E-state index contributed by atoms with van der Waals surface area (Å²) in [6.45, 7) is 6.04. The average molecular weight is 473 g/mol. The smallest absolute Gasteiger partial charge is 0.271 e. The Bertz CT molecular complexity index is 819. The van der Waals surface area contributed by atoms with Crippen molar-refractivity contribution in [2.75, 3.05) is 19.7 Å². The van der Waals surface area contributed by atoms with Crippen LogP contribution in [0.5, 0.6) is 0 Å². The number of alkyl halides is 2. The molecule has 0 aliphatic carbocycles. The fraction of sp³-hybridized carbons (Fsp3) is 0.318. The molecule has 0 fully saturated rings. The highest BCUT2D eigenvalue weighted by atomic mass is 79.9. The number of rotatable bonds is 5. The number of halogens is 4. The van der Waals surface area contributed by atoms with E-state index in [4.69, 9.17) is 5.73 Å². The Morgan fingerprint density at radius 3 is 2.10 bits per heavy atom. The molecule has 0 aliphatic rings. The summed E-state index contributed by atoms with van der Waals surface area (Å²) < 4.78 is 33.5. The summed E-state index contributed by atoms with van der Waals surface area (Å²) in [6, 6.07) is 10.6. The first-order chi connectivity index (χ1) is 13.8. The zero-order chi connectivity index (χ0) is 22.6. The summed E-state index contributed by atoms with van der Waals surface area (Å²) in [7, 11) is 1.00. The van der Waals surface area contributed by atoms with E-state index in [0.29, 0.717) is 31.7 Å². The van der Waals surface area contributed by atoms with Crippen molar-refractivity contribution in [2.24, 2.45) is 5.73 Å². The lowest BCUT2D eigenvalue weighted by Crippen LogP contribution is -2.23. The van der Waals surface area contributed by atoms with Crippen LogP contribution < -0.4 is 11.1 Å². The molecular formula is C22H28BrF3N2O. The van der Waals surface area contributed by atoms with Gasteiger partial charge in [-0.25, -0.2) is 4.39 Å². The lowest BCUT2D eigenvalue weighted by Gasteiger charge is -2.13. The number of benzene rings is 2. The van der Waals surface area contributed by atoms with Crippen molar-refractivity contribution >= 4 is 27.5 Å². The van der Waals surface area contributed by atoms with Gasteiger partial charge in [0.15, 0.2) is 0 Å². The predicted octanol–water partition coefficient (Wildman–Crippen LogP) is 6.18. The van der Waals surface area contributed by atoms with Gasteiger partial charge in [-0.15, -0.1) is 0 Å². The summed E-state index contributed by atoms with van der Waals surface area (Å²) in [6.07, 6.45) is 1.24. The van der Waals surface area contributed by atoms with Crippen molar-refractivity contribution in [2.45, 2.75) is 33.6 Å². The van der Waals surface area contributed by atoms with E-state index < -0.39 is 11.7 Å². The average Bonchev–Trinajstić information content (AvgIpc) is 2.70. The zero-order valence-corrected chi connectivity index (χ0v) is 19.0. The van der Waals surface area contributed by atoms with Crippen LogP contribution in [0.25, 0.3) is 0 Å². The van der Waals surface area contributed by atoms with Gasteiger partial charge < -0.3 is 11.1 Å². The van der Waals surface area contributed by atoms with Gasteiger partial charge in [0.25, 0.3) is 5.91 Å². The highest BCUT2D eigenvalue weighted by Gasteiger charge is 2.14. The fourth-order valence-corrected chi connectivity index (χ4v) is 3.13. The number of nitrogens with two attached hydrogens (primary N) is 1. The molecule has 0 saturated carbocycles. The van der Waals surface area contributed by atoms with Crippen LogP contribution in [0.2, 0.25) is 0 Å². The van der Waals surface area contributed by atoms with Gasteiger partial charge in [0, 0.05) is 4.47 Å². The maximum atomic E-state index is 13.8. The number of carbonyl (C=O) groups excluding carboxylic acids is 1. The third-order valence-electron chi connectivity index (χ3n) is 3.93. The van der Waals surface area contributed by atoms with E-state index in [1.807, 2.05) is 20.8 Å². The normalized spacial score (nSPS) is 10.7. The van der Waals surface area contributed by atoms with E-state index in [1.165, 1.54) is 23.3 Å². The van der Waals surface area contributed by atoms with Crippen molar-refractivity contribution in [1.29, 1.82) is 0 Å². The van der Waals surface area contributed by atoms with Crippen molar-refractivity contribution in [3.8, 4) is 0 Å². The topological polar surface area (TPSA) is 55.1 Å². The van der Waals surface area contributed by atoms with Crippen LogP contribution in [0.4, 0.5) is 18.9 Å². The number of carbonyl (C=O) groups is 1. The lowest BCUT2D eigenvalue weighted by atomic mass is 9.98. The first-order valence-electron chi connectivity index (χ1n) is 8.86. The van der Waals surface area contributed by atoms with Gasteiger partial charge in [-0.3, -0.25) is 13.6 Å². The van der Waals surface area contributed by atoms with Gasteiger partial charge in [-0.2, -0.15) is 0 Å². The zero-order valence-electron chi connectivity index (χ0n) is 17.4. The summed E-state index contributed by atoms with van der Waals surface area (Å²) in [5.41, 5.74) is 10.6. The van der Waals surface area contributed by atoms with E-state index in [9.17, 15) is 18.0 Å². The molecule has 0 saturated heterocycles. The minimum atomic E-state index is -0.503. The molecule has 2 aromatic carbocycles. The van der Waals surface area contributed by atoms with E-state index in [2.05, 4.69) is 39.4 Å². The van der Waals surface area contributed by atoms with Crippen molar-refractivity contribution in [3.63, 3.8) is 0 Å². The molecule has 0 bridgehead atoms. The molecule has 2 rings (SSSR count). The molecule has 0 unspecified atom stereocenters. The SMILES string of the molecule is CC/C(Cc1cc(C)cc(C)c1)=C(\N)C(=O)Nc1cc(Br)ccc1F.CF.CF. The second-order valence-electron chi connectivity index (χ2n) is 6.12. The maximum absolute atomic E-state index is 13.8. The van der Waals surface area contributed by atoms with Gasteiger partial charge in [0.2, 0.25) is 0 Å². The van der Waals surface area contributed by atoms with Gasteiger partial charge in [-0.05, 0) is 56.0 Å². The molecule has 3 nitrogen and oxygen atoms in total. The molecule has 29 heavy (non-hydrogen) atoms. The first kappa shape index (κ1) is 26.7. The molecule has 0 atom stereocenters. The Labute approximate surface area is 179 Å². The summed E-state index contributed by atoms with van der Waals surface area (Å²) >= 11 is 3.26. The quantitative estimate of drug-likeness (QED) is 0.510. The third-order valence-corrected chi connectivity index (χ3v) is 4.42. The largest absolute Gasteiger partial charge is 0.394 e. The van der Waals surface area contributed by atoms with Crippen molar-refractivity contribution in [1.82, 2.24) is 0 Å². The lowest BCUT2D eigenvalue weighted by molar-refractivity contribution is -0.113. The molecule has 3 N–H and O–H groups in total. The van der Waals surface area contributed by atoms with E-state index in [-0.39, 0.29) is 11.4 Å². The van der Waals surface area contributed by atoms with Crippen LogP contribution in [-0.4, -0.2) is 20.3 Å². The highest BCUT2D eigenvalue weighted by molar-refractivity contribution is 9.10. The fourth-order valence-electron chi connectivity index (χ4n) is 2.77. The number of hydrogen-bond donors (Lipinski definition) is 2. The predicted molar refractivity (Wildman–Crippen MR) is 118 cm³/mol. The number of anilines is 1. The molecule has 7 heteroatoms. The van der Waals surface area contributed by atoms with Crippen LogP contribution in [0.3, 0.4) is 0 Å². The van der Waals surface area contributed by atoms with Crippen LogP contribution in [0.1, 0.15) is 30.0 Å². The molecule has 0 heterocycles. The van der Waals surface area contributed by atoms with Crippen LogP contribution in [0.15, 0.2) is 52.1 Å². The monoisotopic (exact) mass is 472 g/mol. The van der Waals surface area contributed by atoms with Crippen molar-refractivity contribution in [3.05, 3.63) is 74.6 Å². The number of allylic oxidation sites excluding steroid dienone is 1. The second-order valence-corrected chi connectivity index (χ2v) is 7.04.